The Kier molecular flexibility index (Phi) is 6.40. The zero-order valence-corrected chi connectivity index (χ0v) is 17.3. The molecule has 4 rings (SSSR count). The summed E-state index contributed by atoms with van der Waals surface area (Å²) in [7, 11) is 1.68. The Bertz CT molecular complexity index is 1260. The van der Waals surface area contributed by atoms with Crippen molar-refractivity contribution in [3.63, 3.8) is 0 Å². The van der Waals surface area contributed by atoms with E-state index >= 15 is 0 Å². The molecule has 0 aliphatic rings. The van der Waals surface area contributed by atoms with Gasteiger partial charge in [0.05, 0.1) is 12.2 Å². The topological polar surface area (TPSA) is 9.23 Å². The second kappa shape index (κ2) is 9.55. The van der Waals surface area contributed by atoms with Gasteiger partial charge >= 0.3 is 0 Å². The lowest BCUT2D eigenvalue weighted by atomic mass is 10.0. The van der Waals surface area contributed by atoms with Crippen LogP contribution < -0.4 is 0 Å². The van der Waals surface area contributed by atoms with Crippen LogP contribution in [0.15, 0.2) is 78.9 Å². The Morgan fingerprint density at radius 1 is 0.677 bits per heavy atom. The molecular weight excluding hydrogens is 390 g/mol. The molecule has 0 unspecified atom stereocenters. The zero-order chi connectivity index (χ0) is 21.6. The number of aryl methyl sites for hydroxylation is 2. The molecular formula is C28H22F2O. The molecule has 3 heteroatoms. The summed E-state index contributed by atoms with van der Waals surface area (Å²) in [5.41, 5.74) is 4.42. The lowest BCUT2D eigenvalue weighted by molar-refractivity contribution is 0.185. The number of fused-ring (bicyclic) bond motifs is 1. The van der Waals surface area contributed by atoms with Crippen LogP contribution in [-0.2, 0) is 24.2 Å². The Morgan fingerprint density at radius 3 is 2.13 bits per heavy atom. The summed E-state index contributed by atoms with van der Waals surface area (Å²) >= 11 is 0. The quantitative estimate of drug-likeness (QED) is 0.342. The number of rotatable bonds is 5. The third kappa shape index (κ3) is 5.36. The van der Waals surface area contributed by atoms with Crippen LogP contribution in [0.5, 0.6) is 0 Å². The first-order valence-electron chi connectivity index (χ1n) is 10.2. The van der Waals surface area contributed by atoms with Gasteiger partial charge in [-0.1, -0.05) is 54.3 Å². The van der Waals surface area contributed by atoms with Gasteiger partial charge in [-0.2, -0.15) is 0 Å². The second-order valence-electron chi connectivity index (χ2n) is 7.52. The molecule has 0 aliphatic carbocycles. The normalized spacial score (nSPS) is 10.7. The predicted octanol–water partition coefficient (Wildman–Crippen LogP) is 6.45. The fourth-order valence-corrected chi connectivity index (χ4v) is 3.51. The molecule has 0 N–H and O–H groups in total. The van der Waals surface area contributed by atoms with Gasteiger partial charge in [-0.15, -0.1) is 0 Å². The molecule has 0 amide bonds. The maximum absolute atomic E-state index is 14.6. The van der Waals surface area contributed by atoms with Gasteiger partial charge in [-0.3, -0.25) is 0 Å². The molecule has 154 valence electrons. The molecule has 4 aromatic carbocycles. The molecule has 0 radical (unpaired) electrons. The summed E-state index contributed by atoms with van der Waals surface area (Å²) in [4.78, 5) is 0. The van der Waals surface area contributed by atoms with Crippen LogP contribution in [0.2, 0.25) is 0 Å². The number of methoxy groups -OCH3 is 1. The van der Waals surface area contributed by atoms with Crippen molar-refractivity contribution in [2.75, 3.05) is 7.11 Å². The van der Waals surface area contributed by atoms with Crippen LogP contribution in [0.4, 0.5) is 8.78 Å². The minimum Gasteiger partial charge on any atom is -0.380 e. The highest BCUT2D eigenvalue weighted by molar-refractivity contribution is 5.84. The van der Waals surface area contributed by atoms with E-state index in [0.29, 0.717) is 12.2 Å². The SMILES string of the molecule is COCc1ccc(CCc2ccc(C#Cc3ccc4cc(F)ccc4c3)c(F)c2)cc1. The Balaban J connectivity index is 1.44. The van der Waals surface area contributed by atoms with Gasteiger partial charge in [-0.25, -0.2) is 8.78 Å². The maximum atomic E-state index is 14.6. The van der Waals surface area contributed by atoms with Gasteiger partial charge in [0, 0.05) is 12.7 Å². The molecule has 1 nitrogen and oxygen atoms in total. The monoisotopic (exact) mass is 412 g/mol. The Labute approximate surface area is 181 Å². The van der Waals surface area contributed by atoms with Crippen molar-refractivity contribution in [3.8, 4) is 11.8 Å². The first-order valence-corrected chi connectivity index (χ1v) is 10.2. The molecule has 0 bridgehead atoms. The van der Waals surface area contributed by atoms with Crippen LogP contribution in [0, 0.1) is 23.5 Å². The molecule has 0 atom stereocenters. The highest BCUT2D eigenvalue weighted by atomic mass is 19.1. The molecule has 0 heterocycles. The van der Waals surface area contributed by atoms with E-state index in [1.165, 1.54) is 17.7 Å². The standard InChI is InChI=1S/C28H22F2O/c1-31-19-23-6-3-20(4-7-23)2-5-22-9-12-24(28(30)17-22)11-8-21-10-13-26-18-27(29)15-14-25(26)16-21/h3-4,6-7,9-10,12-18H,2,5,19H2,1H3. The fourth-order valence-electron chi connectivity index (χ4n) is 3.51. The number of benzene rings is 4. The molecule has 0 saturated heterocycles. The first-order chi connectivity index (χ1) is 15.1. The van der Waals surface area contributed by atoms with Crippen molar-refractivity contribution in [1.82, 2.24) is 0 Å². The summed E-state index contributed by atoms with van der Waals surface area (Å²) in [6.07, 6.45) is 1.60. The van der Waals surface area contributed by atoms with Crippen LogP contribution in [0.25, 0.3) is 10.8 Å². The smallest absolute Gasteiger partial charge is 0.139 e. The first kappa shape index (κ1) is 20.8. The van der Waals surface area contributed by atoms with Crippen LogP contribution in [-0.4, -0.2) is 7.11 Å². The van der Waals surface area contributed by atoms with Gasteiger partial charge in [0.2, 0.25) is 0 Å². The van der Waals surface area contributed by atoms with Gasteiger partial charge in [0.15, 0.2) is 0 Å². The van der Waals surface area contributed by atoms with E-state index < -0.39 is 0 Å². The molecule has 0 spiro atoms. The van der Waals surface area contributed by atoms with E-state index in [1.807, 2.05) is 24.3 Å². The Morgan fingerprint density at radius 2 is 1.35 bits per heavy atom. The van der Waals surface area contributed by atoms with Crippen LogP contribution >= 0.6 is 0 Å². The second-order valence-corrected chi connectivity index (χ2v) is 7.52. The van der Waals surface area contributed by atoms with Gasteiger partial charge in [0.1, 0.15) is 11.6 Å². The molecule has 4 aromatic rings. The average Bonchev–Trinajstić information content (AvgIpc) is 2.78. The average molecular weight is 412 g/mol. The summed E-state index contributed by atoms with van der Waals surface area (Å²) in [5.74, 6) is 5.34. The van der Waals surface area contributed by atoms with Crippen molar-refractivity contribution in [1.29, 1.82) is 0 Å². The predicted molar refractivity (Wildman–Crippen MR) is 121 cm³/mol. The molecule has 0 fully saturated rings. The number of hydrogen-bond acceptors (Lipinski definition) is 1. The van der Waals surface area contributed by atoms with Gasteiger partial charge in [-0.05, 0) is 76.7 Å². The highest BCUT2D eigenvalue weighted by Gasteiger charge is 2.03. The largest absolute Gasteiger partial charge is 0.380 e. The fraction of sp³-hybridized carbons (Fsp3) is 0.143. The lowest BCUT2D eigenvalue weighted by Gasteiger charge is -2.05. The van der Waals surface area contributed by atoms with Gasteiger partial charge in [0.25, 0.3) is 0 Å². The third-order valence-corrected chi connectivity index (χ3v) is 5.21. The molecule has 0 aliphatic heterocycles. The van der Waals surface area contributed by atoms with Gasteiger partial charge < -0.3 is 4.74 Å². The summed E-state index contributed by atoms with van der Waals surface area (Å²) in [6, 6.07) is 23.7. The zero-order valence-electron chi connectivity index (χ0n) is 17.3. The van der Waals surface area contributed by atoms with E-state index in [2.05, 4.69) is 36.1 Å². The minimum absolute atomic E-state index is 0.267. The van der Waals surface area contributed by atoms with E-state index in [1.54, 1.807) is 25.3 Å². The number of halogens is 2. The van der Waals surface area contributed by atoms with E-state index in [-0.39, 0.29) is 11.6 Å². The molecule has 0 saturated carbocycles. The Hall–Kier alpha value is -3.48. The van der Waals surface area contributed by atoms with E-state index in [9.17, 15) is 8.78 Å². The van der Waals surface area contributed by atoms with Crippen molar-refractivity contribution >= 4 is 10.8 Å². The molecule has 0 aromatic heterocycles. The summed E-state index contributed by atoms with van der Waals surface area (Å²) < 4.78 is 33.0. The maximum Gasteiger partial charge on any atom is 0.139 e. The summed E-state index contributed by atoms with van der Waals surface area (Å²) in [6.45, 7) is 0.603. The minimum atomic E-state index is -0.316. The van der Waals surface area contributed by atoms with Crippen molar-refractivity contribution < 1.29 is 13.5 Å². The van der Waals surface area contributed by atoms with Crippen molar-refractivity contribution in [3.05, 3.63) is 118 Å². The number of hydrogen-bond donors (Lipinski definition) is 0. The van der Waals surface area contributed by atoms with Crippen molar-refractivity contribution in [2.24, 2.45) is 0 Å². The van der Waals surface area contributed by atoms with E-state index in [4.69, 9.17) is 4.74 Å². The third-order valence-electron chi connectivity index (χ3n) is 5.21. The van der Waals surface area contributed by atoms with Crippen molar-refractivity contribution in [2.45, 2.75) is 19.4 Å². The number of ether oxygens (including phenoxy) is 1. The van der Waals surface area contributed by atoms with Crippen LogP contribution in [0.3, 0.4) is 0 Å². The summed E-state index contributed by atoms with van der Waals surface area (Å²) in [5, 5.41) is 1.72. The molecule has 31 heavy (non-hydrogen) atoms. The van der Waals surface area contributed by atoms with E-state index in [0.717, 1.165) is 40.3 Å². The van der Waals surface area contributed by atoms with Crippen LogP contribution in [0.1, 0.15) is 27.8 Å². The highest BCUT2D eigenvalue weighted by Crippen LogP contribution is 2.18. The lowest BCUT2D eigenvalue weighted by Crippen LogP contribution is -1.95.